The number of nitrogens with zero attached hydrogens (tertiary/aromatic N) is 1. The second-order valence-corrected chi connectivity index (χ2v) is 3.27. The molecule has 0 fully saturated rings. The summed E-state index contributed by atoms with van der Waals surface area (Å²) in [6, 6.07) is 5.57. The Hall–Kier alpha value is -2.30. The molecule has 82 valence electrons. The zero-order valence-corrected chi connectivity index (χ0v) is 8.73. The Morgan fingerprint density at radius 1 is 1.56 bits per heavy atom. The van der Waals surface area contributed by atoms with Crippen LogP contribution in [0.5, 0.6) is 0 Å². The van der Waals surface area contributed by atoms with Crippen LogP contribution in [0.1, 0.15) is 5.56 Å². The predicted molar refractivity (Wildman–Crippen MR) is 61.6 cm³/mol. The lowest BCUT2D eigenvalue weighted by Gasteiger charge is -1.94. The number of hydrogen-bond donors (Lipinski definition) is 2. The van der Waals surface area contributed by atoms with Crippen LogP contribution >= 0.6 is 0 Å². The summed E-state index contributed by atoms with van der Waals surface area (Å²) in [7, 11) is 1.34. The molecule has 2 aromatic rings. The number of anilines is 1. The lowest BCUT2D eigenvalue weighted by atomic mass is 10.1. The average molecular weight is 217 g/mol. The van der Waals surface area contributed by atoms with Crippen LogP contribution in [0.4, 0.5) is 5.82 Å². The van der Waals surface area contributed by atoms with Crippen molar-refractivity contribution in [3.05, 3.63) is 29.8 Å². The van der Waals surface area contributed by atoms with Crippen LogP contribution in [-0.2, 0) is 9.53 Å². The molecular formula is C11H11N3O2. The first-order chi connectivity index (χ1) is 7.70. The molecule has 0 radical (unpaired) electrons. The number of aromatic nitrogens is 2. The van der Waals surface area contributed by atoms with E-state index in [9.17, 15) is 4.79 Å². The van der Waals surface area contributed by atoms with Gasteiger partial charge in [-0.3, -0.25) is 5.10 Å². The molecule has 5 heteroatoms. The number of nitrogens with two attached hydrogens (primary N) is 1. The second-order valence-electron chi connectivity index (χ2n) is 3.27. The molecule has 1 heterocycles. The molecule has 0 spiro atoms. The Bertz CT molecular complexity index is 557. The monoisotopic (exact) mass is 217 g/mol. The topological polar surface area (TPSA) is 81.0 Å². The van der Waals surface area contributed by atoms with Crippen LogP contribution < -0.4 is 5.73 Å². The zero-order chi connectivity index (χ0) is 11.5. The molecule has 0 bridgehead atoms. The fourth-order valence-corrected chi connectivity index (χ4v) is 1.39. The number of ether oxygens (including phenoxy) is 1. The van der Waals surface area contributed by atoms with Gasteiger partial charge in [-0.05, 0) is 23.8 Å². The number of methoxy groups -OCH3 is 1. The maximum Gasteiger partial charge on any atom is 0.330 e. The van der Waals surface area contributed by atoms with E-state index in [0.29, 0.717) is 5.82 Å². The lowest BCUT2D eigenvalue weighted by molar-refractivity contribution is -0.134. The maximum atomic E-state index is 10.9. The average Bonchev–Trinajstić information content (AvgIpc) is 2.67. The van der Waals surface area contributed by atoms with Crippen molar-refractivity contribution in [3.8, 4) is 0 Å². The summed E-state index contributed by atoms with van der Waals surface area (Å²) in [6.07, 6.45) is 3.03. The number of benzene rings is 1. The Labute approximate surface area is 91.9 Å². The number of H-pyrrole nitrogens is 1. The van der Waals surface area contributed by atoms with Crippen molar-refractivity contribution in [2.45, 2.75) is 0 Å². The SMILES string of the molecule is COC(=O)C=Cc1ccc2c(N)n[nH]c2c1. The fraction of sp³-hybridized carbons (Fsp3) is 0.0909. The van der Waals surface area contributed by atoms with Crippen molar-refractivity contribution in [1.29, 1.82) is 0 Å². The Balaban J connectivity index is 2.33. The van der Waals surface area contributed by atoms with Gasteiger partial charge in [-0.2, -0.15) is 5.10 Å². The number of nitrogen functional groups attached to an aromatic ring is 1. The van der Waals surface area contributed by atoms with Gasteiger partial charge in [-0.15, -0.1) is 0 Å². The van der Waals surface area contributed by atoms with Gasteiger partial charge in [0.15, 0.2) is 5.82 Å². The molecule has 2 rings (SSSR count). The zero-order valence-electron chi connectivity index (χ0n) is 8.73. The van der Waals surface area contributed by atoms with Crippen molar-refractivity contribution in [1.82, 2.24) is 10.2 Å². The highest BCUT2D eigenvalue weighted by molar-refractivity contribution is 5.91. The fourth-order valence-electron chi connectivity index (χ4n) is 1.39. The number of carbonyl (C=O) groups is 1. The van der Waals surface area contributed by atoms with Crippen molar-refractivity contribution < 1.29 is 9.53 Å². The van der Waals surface area contributed by atoms with Crippen LogP contribution in [0.25, 0.3) is 17.0 Å². The molecule has 16 heavy (non-hydrogen) atoms. The predicted octanol–water partition coefficient (Wildman–Crippen LogP) is 1.33. The highest BCUT2D eigenvalue weighted by atomic mass is 16.5. The molecule has 0 saturated carbocycles. The standard InChI is InChI=1S/C11H11N3O2/c1-16-10(15)5-3-7-2-4-8-9(6-7)13-14-11(8)12/h2-6H,1H3,(H3,12,13,14). The summed E-state index contributed by atoms with van der Waals surface area (Å²) >= 11 is 0. The van der Waals surface area contributed by atoms with E-state index in [1.807, 2.05) is 18.2 Å². The molecule has 0 saturated heterocycles. The van der Waals surface area contributed by atoms with Crippen molar-refractivity contribution in [3.63, 3.8) is 0 Å². The molecule has 5 nitrogen and oxygen atoms in total. The van der Waals surface area contributed by atoms with Gasteiger partial charge in [0.05, 0.1) is 12.6 Å². The molecule has 0 atom stereocenters. The van der Waals surface area contributed by atoms with Gasteiger partial charge in [0.2, 0.25) is 0 Å². The lowest BCUT2D eigenvalue weighted by Crippen LogP contribution is -1.93. The third-order valence-corrected chi connectivity index (χ3v) is 2.23. The number of fused-ring (bicyclic) bond motifs is 1. The number of carbonyl (C=O) groups excluding carboxylic acids is 1. The quantitative estimate of drug-likeness (QED) is 0.587. The molecule has 0 unspecified atom stereocenters. The first kappa shape index (κ1) is 10.2. The molecule has 1 aromatic heterocycles. The van der Waals surface area contributed by atoms with Gasteiger partial charge in [0, 0.05) is 11.5 Å². The Kier molecular flexibility index (Phi) is 2.59. The van der Waals surface area contributed by atoms with Gasteiger partial charge in [0.25, 0.3) is 0 Å². The molecule has 1 aromatic carbocycles. The van der Waals surface area contributed by atoms with Crippen LogP contribution in [0.2, 0.25) is 0 Å². The van der Waals surface area contributed by atoms with E-state index in [1.165, 1.54) is 13.2 Å². The van der Waals surface area contributed by atoms with Gasteiger partial charge in [0.1, 0.15) is 0 Å². The normalized spacial score (nSPS) is 11.1. The minimum atomic E-state index is -0.385. The van der Waals surface area contributed by atoms with Crippen LogP contribution in [0.15, 0.2) is 24.3 Å². The minimum Gasteiger partial charge on any atom is -0.466 e. The van der Waals surface area contributed by atoms with Gasteiger partial charge < -0.3 is 10.5 Å². The summed E-state index contributed by atoms with van der Waals surface area (Å²) in [5.41, 5.74) is 7.35. The van der Waals surface area contributed by atoms with Crippen LogP contribution in [0, 0.1) is 0 Å². The number of rotatable bonds is 2. The van der Waals surface area contributed by atoms with E-state index < -0.39 is 0 Å². The van der Waals surface area contributed by atoms with Crippen molar-refractivity contribution >= 4 is 28.8 Å². The molecule has 0 aliphatic rings. The number of esters is 1. The summed E-state index contributed by atoms with van der Waals surface area (Å²) < 4.78 is 4.50. The molecule has 0 aliphatic heterocycles. The van der Waals surface area contributed by atoms with Gasteiger partial charge >= 0.3 is 5.97 Å². The summed E-state index contributed by atoms with van der Waals surface area (Å²) in [5, 5.41) is 7.56. The summed E-state index contributed by atoms with van der Waals surface area (Å²) in [6.45, 7) is 0. The van der Waals surface area contributed by atoms with E-state index in [-0.39, 0.29) is 5.97 Å². The first-order valence-electron chi connectivity index (χ1n) is 4.70. The number of hydrogen-bond acceptors (Lipinski definition) is 4. The largest absolute Gasteiger partial charge is 0.466 e. The smallest absolute Gasteiger partial charge is 0.330 e. The maximum absolute atomic E-state index is 10.9. The van der Waals surface area contributed by atoms with Crippen molar-refractivity contribution in [2.75, 3.05) is 12.8 Å². The molecular weight excluding hydrogens is 206 g/mol. The highest BCUT2D eigenvalue weighted by Crippen LogP contribution is 2.19. The number of aromatic amines is 1. The van der Waals surface area contributed by atoms with E-state index in [0.717, 1.165) is 16.5 Å². The first-order valence-corrected chi connectivity index (χ1v) is 4.70. The summed E-state index contributed by atoms with van der Waals surface area (Å²) in [5.74, 6) is 0.0859. The summed E-state index contributed by atoms with van der Waals surface area (Å²) in [4.78, 5) is 10.9. The molecule has 3 N–H and O–H groups in total. The van der Waals surface area contributed by atoms with Gasteiger partial charge in [-0.25, -0.2) is 4.79 Å². The number of nitrogens with one attached hydrogen (secondary N) is 1. The highest BCUT2D eigenvalue weighted by Gasteiger charge is 2.01. The molecule has 0 aliphatic carbocycles. The minimum absolute atomic E-state index is 0.385. The molecule has 0 amide bonds. The van der Waals surface area contributed by atoms with Crippen LogP contribution in [0.3, 0.4) is 0 Å². The third-order valence-electron chi connectivity index (χ3n) is 2.23. The second kappa shape index (κ2) is 4.06. The van der Waals surface area contributed by atoms with Crippen LogP contribution in [-0.4, -0.2) is 23.3 Å². The van der Waals surface area contributed by atoms with E-state index in [2.05, 4.69) is 14.9 Å². The van der Waals surface area contributed by atoms with E-state index >= 15 is 0 Å². The Morgan fingerprint density at radius 3 is 3.12 bits per heavy atom. The Morgan fingerprint density at radius 2 is 2.38 bits per heavy atom. The van der Waals surface area contributed by atoms with Gasteiger partial charge in [-0.1, -0.05) is 6.07 Å². The van der Waals surface area contributed by atoms with Crippen molar-refractivity contribution in [2.24, 2.45) is 0 Å². The van der Waals surface area contributed by atoms with E-state index in [1.54, 1.807) is 6.08 Å². The van der Waals surface area contributed by atoms with E-state index in [4.69, 9.17) is 5.73 Å². The third kappa shape index (κ3) is 1.88.